The second kappa shape index (κ2) is 9.87. The van der Waals surface area contributed by atoms with E-state index in [-0.39, 0.29) is 17.9 Å². The molecule has 0 saturated heterocycles. The summed E-state index contributed by atoms with van der Waals surface area (Å²) in [7, 11) is 3.73. The maximum absolute atomic E-state index is 13.0. The Kier molecular flexibility index (Phi) is 7.25. The van der Waals surface area contributed by atoms with E-state index >= 15 is 0 Å². The fourth-order valence-electron chi connectivity index (χ4n) is 3.91. The lowest BCUT2D eigenvalue weighted by Gasteiger charge is -2.28. The molecule has 3 rings (SSSR count). The minimum atomic E-state index is -0.503. The highest BCUT2D eigenvalue weighted by atomic mass is 16.2. The molecule has 29 heavy (non-hydrogen) atoms. The molecule has 158 valence electrons. The SMILES string of the molecule is CC(C(=O)N[C@@H](CC1CCCCC1)C(=O)NCc1cnc2[nH]ccc2c1)N(C)C. The number of pyridine rings is 1. The van der Waals surface area contributed by atoms with E-state index in [0.717, 1.165) is 29.4 Å². The first-order valence-electron chi connectivity index (χ1n) is 10.6. The summed E-state index contributed by atoms with van der Waals surface area (Å²) in [5, 5.41) is 7.01. The summed E-state index contributed by atoms with van der Waals surface area (Å²) < 4.78 is 0. The number of nitrogens with one attached hydrogen (secondary N) is 3. The zero-order chi connectivity index (χ0) is 20.8. The fourth-order valence-corrected chi connectivity index (χ4v) is 3.91. The third-order valence-electron chi connectivity index (χ3n) is 6.00. The summed E-state index contributed by atoms with van der Waals surface area (Å²) in [5.74, 6) is 0.262. The van der Waals surface area contributed by atoms with Crippen molar-refractivity contribution >= 4 is 22.8 Å². The van der Waals surface area contributed by atoms with Gasteiger partial charge in [0.15, 0.2) is 0 Å². The van der Waals surface area contributed by atoms with Crippen LogP contribution in [0.15, 0.2) is 24.5 Å². The number of amides is 2. The molecule has 2 aromatic heterocycles. The van der Waals surface area contributed by atoms with Gasteiger partial charge in [-0.05, 0) is 51.1 Å². The van der Waals surface area contributed by atoms with Gasteiger partial charge < -0.3 is 15.6 Å². The molecule has 2 aromatic rings. The van der Waals surface area contributed by atoms with Crippen molar-refractivity contribution in [2.24, 2.45) is 5.92 Å². The molecule has 0 radical (unpaired) electrons. The first-order valence-corrected chi connectivity index (χ1v) is 10.6. The molecule has 2 heterocycles. The van der Waals surface area contributed by atoms with E-state index in [0.29, 0.717) is 18.9 Å². The molecule has 7 nitrogen and oxygen atoms in total. The predicted octanol–water partition coefficient (Wildman–Crippen LogP) is 2.58. The first-order chi connectivity index (χ1) is 13.9. The molecule has 3 N–H and O–H groups in total. The third-order valence-corrected chi connectivity index (χ3v) is 6.00. The number of rotatable bonds is 8. The number of H-pyrrole nitrogens is 1. The van der Waals surface area contributed by atoms with E-state index in [2.05, 4.69) is 20.6 Å². The van der Waals surface area contributed by atoms with Gasteiger partial charge in [-0.15, -0.1) is 0 Å². The summed E-state index contributed by atoms with van der Waals surface area (Å²) in [6.07, 6.45) is 10.3. The van der Waals surface area contributed by atoms with Crippen molar-refractivity contribution in [3.05, 3.63) is 30.1 Å². The molecular formula is C22H33N5O2. The monoisotopic (exact) mass is 399 g/mol. The normalized spacial score (nSPS) is 17.2. The van der Waals surface area contributed by atoms with E-state index in [1.54, 1.807) is 6.20 Å². The summed E-state index contributed by atoms with van der Waals surface area (Å²) in [6.45, 7) is 2.25. The van der Waals surface area contributed by atoms with Gasteiger partial charge in [-0.3, -0.25) is 14.5 Å². The molecule has 1 saturated carbocycles. The quantitative estimate of drug-likeness (QED) is 0.636. The van der Waals surface area contributed by atoms with Crippen molar-refractivity contribution in [3.8, 4) is 0 Å². The zero-order valence-electron chi connectivity index (χ0n) is 17.7. The highest BCUT2D eigenvalue weighted by Crippen LogP contribution is 2.27. The van der Waals surface area contributed by atoms with Crippen LogP contribution in [-0.2, 0) is 16.1 Å². The zero-order valence-corrected chi connectivity index (χ0v) is 17.7. The summed E-state index contributed by atoms with van der Waals surface area (Å²) >= 11 is 0. The van der Waals surface area contributed by atoms with Gasteiger partial charge in [0, 0.05) is 24.3 Å². The lowest BCUT2D eigenvalue weighted by Crippen LogP contribution is -2.52. The number of hydrogen-bond donors (Lipinski definition) is 3. The van der Waals surface area contributed by atoms with E-state index in [1.165, 1.54) is 19.3 Å². The Balaban J connectivity index is 1.63. The Morgan fingerprint density at radius 3 is 2.72 bits per heavy atom. The Morgan fingerprint density at radius 1 is 1.24 bits per heavy atom. The average molecular weight is 400 g/mol. The van der Waals surface area contributed by atoms with Gasteiger partial charge in [-0.25, -0.2) is 4.98 Å². The van der Waals surface area contributed by atoms with Gasteiger partial charge in [0.2, 0.25) is 11.8 Å². The number of nitrogens with zero attached hydrogens (tertiary/aromatic N) is 2. The standard InChI is InChI=1S/C22H33N5O2/c1-15(27(2)3)21(28)26-19(12-16-7-5-4-6-8-16)22(29)25-14-17-11-18-9-10-23-20(18)24-13-17/h9-11,13,15-16,19H,4-8,12,14H2,1-3H3,(H,23,24)(H,25,29)(H,26,28)/t15?,19-/m0/s1. The van der Waals surface area contributed by atoms with Gasteiger partial charge in [-0.2, -0.15) is 0 Å². The molecule has 0 spiro atoms. The van der Waals surface area contributed by atoms with Crippen LogP contribution in [0.5, 0.6) is 0 Å². The maximum Gasteiger partial charge on any atom is 0.242 e. The van der Waals surface area contributed by atoms with Crippen LogP contribution >= 0.6 is 0 Å². The third kappa shape index (κ3) is 5.79. The van der Waals surface area contributed by atoms with E-state index in [9.17, 15) is 9.59 Å². The molecule has 1 unspecified atom stereocenters. The summed E-state index contributed by atoms with van der Waals surface area (Å²) in [4.78, 5) is 34.8. The van der Waals surface area contributed by atoms with Crippen LogP contribution in [0, 0.1) is 5.92 Å². The topological polar surface area (TPSA) is 90.1 Å². The van der Waals surface area contributed by atoms with E-state index < -0.39 is 6.04 Å². The minimum Gasteiger partial charge on any atom is -0.350 e. The van der Waals surface area contributed by atoms with Crippen molar-refractivity contribution in [1.82, 2.24) is 25.5 Å². The Labute approximate surface area is 172 Å². The second-order valence-electron chi connectivity index (χ2n) is 8.42. The van der Waals surface area contributed by atoms with Crippen LogP contribution in [0.3, 0.4) is 0 Å². The summed E-state index contributed by atoms with van der Waals surface area (Å²) in [5.41, 5.74) is 1.77. The van der Waals surface area contributed by atoms with Gasteiger partial charge in [0.05, 0.1) is 6.04 Å². The van der Waals surface area contributed by atoms with Crippen LogP contribution in [-0.4, -0.2) is 52.9 Å². The summed E-state index contributed by atoms with van der Waals surface area (Å²) in [6, 6.07) is 3.19. The highest BCUT2D eigenvalue weighted by molar-refractivity contribution is 5.89. The number of fused-ring (bicyclic) bond motifs is 1. The molecule has 7 heteroatoms. The van der Waals surface area contributed by atoms with Crippen LogP contribution < -0.4 is 10.6 Å². The Morgan fingerprint density at radius 2 is 2.00 bits per heavy atom. The van der Waals surface area contributed by atoms with Gasteiger partial charge in [0.1, 0.15) is 11.7 Å². The smallest absolute Gasteiger partial charge is 0.242 e. The lowest BCUT2D eigenvalue weighted by molar-refractivity contribution is -0.131. The molecular weight excluding hydrogens is 366 g/mol. The van der Waals surface area contributed by atoms with Crippen LogP contribution in [0.1, 0.15) is 51.0 Å². The van der Waals surface area contributed by atoms with E-state index in [1.807, 2.05) is 44.2 Å². The molecule has 1 fully saturated rings. The lowest BCUT2D eigenvalue weighted by atomic mass is 9.84. The van der Waals surface area contributed by atoms with Crippen molar-refractivity contribution in [1.29, 1.82) is 0 Å². The fraction of sp³-hybridized carbons (Fsp3) is 0.591. The second-order valence-corrected chi connectivity index (χ2v) is 8.42. The largest absolute Gasteiger partial charge is 0.350 e. The molecule has 1 aliphatic rings. The average Bonchev–Trinajstić information content (AvgIpc) is 3.19. The van der Waals surface area contributed by atoms with E-state index in [4.69, 9.17) is 0 Å². The number of likely N-dealkylation sites (N-methyl/N-ethyl adjacent to an activating group) is 1. The molecule has 0 bridgehead atoms. The molecule has 1 aliphatic carbocycles. The van der Waals surface area contributed by atoms with Crippen LogP contribution in [0.2, 0.25) is 0 Å². The van der Waals surface area contributed by atoms with Crippen molar-refractivity contribution in [2.75, 3.05) is 14.1 Å². The Hall–Kier alpha value is -2.41. The number of aromatic nitrogens is 2. The van der Waals surface area contributed by atoms with Gasteiger partial charge in [0.25, 0.3) is 0 Å². The maximum atomic E-state index is 13.0. The molecule has 2 amide bonds. The molecule has 0 aromatic carbocycles. The van der Waals surface area contributed by atoms with Gasteiger partial charge >= 0.3 is 0 Å². The predicted molar refractivity (Wildman–Crippen MR) is 114 cm³/mol. The van der Waals surface area contributed by atoms with Crippen LogP contribution in [0.25, 0.3) is 11.0 Å². The number of carbonyl (C=O) groups is 2. The number of carbonyl (C=O) groups excluding carboxylic acids is 2. The minimum absolute atomic E-state index is 0.110. The molecule has 2 atom stereocenters. The van der Waals surface area contributed by atoms with Gasteiger partial charge in [-0.1, -0.05) is 32.1 Å². The first kappa shape index (κ1) is 21.3. The van der Waals surface area contributed by atoms with Crippen molar-refractivity contribution in [2.45, 2.75) is 64.1 Å². The van der Waals surface area contributed by atoms with Crippen LogP contribution in [0.4, 0.5) is 0 Å². The number of aromatic amines is 1. The molecule has 0 aliphatic heterocycles. The highest BCUT2D eigenvalue weighted by Gasteiger charge is 2.27. The van der Waals surface area contributed by atoms with Crippen molar-refractivity contribution < 1.29 is 9.59 Å². The Bertz CT molecular complexity index is 825. The number of hydrogen-bond acceptors (Lipinski definition) is 4. The van der Waals surface area contributed by atoms with Crippen molar-refractivity contribution in [3.63, 3.8) is 0 Å².